The molecule has 32 heavy (non-hydrogen) atoms. The molecule has 0 aliphatic carbocycles. The molecule has 1 atom stereocenters. The van der Waals surface area contributed by atoms with Gasteiger partial charge in [-0.15, -0.1) is 24.0 Å². The molecule has 1 unspecified atom stereocenters. The molecule has 2 aromatic rings. The van der Waals surface area contributed by atoms with Crippen LogP contribution in [0.25, 0.3) is 11.0 Å². The first-order valence-corrected chi connectivity index (χ1v) is 12.0. The highest BCUT2D eigenvalue weighted by atomic mass is 127. The van der Waals surface area contributed by atoms with E-state index in [0.717, 1.165) is 83.1 Å². The normalized spacial score (nSPS) is 20.3. The Morgan fingerprint density at radius 2 is 2.06 bits per heavy atom. The zero-order valence-corrected chi connectivity index (χ0v) is 21.6. The number of nitrogens with zero attached hydrogens (tertiary/aromatic N) is 4. The third kappa shape index (κ3) is 7.05. The number of rotatable bonds is 8. The Labute approximate surface area is 209 Å². The number of ether oxygens (including phenoxy) is 2. The number of fused-ring (bicyclic) bond motifs is 1. The minimum absolute atomic E-state index is 0. The number of likely N-dealkylation sites (tertiary alicyclic amines) is 1. The zero-order valence-electron chi connectivity index (χ0n) is 19.2. The van der Waals surface area contributed by atoms with E-state index < -0.39 is 0 Å². The Balaban J connectivity index is 0.00000289. The summed E-state index contributed by atoms with van der Waals surface area (Å²) in [6.45, 7) is 8.40. The molecule has 8 heteroatoms. The molecule has 1 N–H and O–H groups in total. The lowest BCUT2D eigenvalue weighted by Crippen LogP contribution is -2.47. The van der Waals surface area contributed by atoms with Gasteiger partial charge in [-0.3, -0.25) is 4.99 Å². The maximum atomic E-state index is 6.16. The van der Waals surface area contributed by atoms with Crippen molar-refractivity contribution in [1.29, 1.82) is 0 Å². The second-order valence-electron chi connectivity index (χ2n) is 8.52. The SMILES string of the molecule is CCNC(=NCCCn1cnc2ccccc21)N1CCC(OCC2CCCCO2)CC1.I. The first kappa shape index (κ1) is 25.2. The summed E-state index contributed by atoms with van der Waals surface area (Å²) in [6, 6.07) is 8.28. The van der Waals surface area contributed by atoms with Crippen LogP contribution in [-0.4, -0.2) is 72.0 Å². The molecule has 4 rings (SSSR count). The summed E-state index contributed by atoms with van der Waals surface area (Å²) in [5, 5.41) is 3.47. The molecule has 2 aliphatic heterocycles. The fraction of sp³-hybridized carbons (Fsp3) is 0.667. The van der Waals surface area contributed by atoms with Crippen molar-refractivity contribution in [3.05, 3.63) is 30.6 Å². The monoisotopic (exact) mass is 555 g/mol. The number of para-hydroxylation sites is 2. The minimum atomic E-state index is 0. The van der Waals surface area contributed by atoms with E-state index in [9.17, 15) is 0 Å². The number of benzene rings is 1. The van der Waals surface area contributed by atoms with E-state index in [2.05, 4.69) is 44.9 Å². The molecular formula is C24H38IN5O2. The summed E-state index contributed by atoms with van der Waals surface area (Å²) in [6.07, 6.45) is 9.30. The van der Waals surface area contributed by atoms with Gasteiger partial charge in [0.05, 0.1) is 36.2 Å². The number of halogens is 1. The van der Waals surface area contributed by atoms with Crippen molar-refractivity contribution in [1.82, 2.24) is 19.8 Å². The number of nitrogens with one attached hydrogen (secondary N) is 1. The van der Waals surface area contributed by atoms with E-state index in [4.69, 9.17) is 14.5 Å². The zero-order chi connectivity index (χ0) is 21.3. The molecule has 178 valence electrons. The Morgan fingerprint density at radius 3 is 2.84 bits per heavy atom. The van der Waals surface area contributed by atoms with Crippen molar-refractivity contribution in [2.45, 2.75) is 64.2 Å². The first-order chi connectivity index (χ1) is 15.3. The van der Waals surface area contributed by atoms with Crippen LogP contribution < -0.4 is 5.32 Å². The minimum Gasteiger partial charge on any atom is -0.376 e. The molecule has 2 aliphatic rings. The molecule has 1 aromatic carbocycles. The number of imidazole rings is 1. The van der Waals surface area contributed by atoms with Crippen LogP contribution in [0.2, 0.25) is 0 Å². The van der Waals surface area contributed by atoms with Crippen LogP contribution >= 0.6 is 24.0 Å². The fourth-order valence-electron chi connectivity index (χ4n) is 4.46. The van der Waals surface area contributed by atoms with Gasteiger partial charge >= 0.3 is 0 Å². The predicted molar refractivity (Wildman–Crippen MR) is 140 cm³/mol. The highest BCUT2D eigenvalue weighted by Gasteiger charge is 2.23. The molecule has 0 radical (unpaired) electrons. The number of piperidine rings is 1. The highest BCUT2D eigenvalue weighted by Crippen LogP contribution is 2.18. The van der Waals surface area contributed by atoms with Gasteiger partial charge in [-0.1, -0.05) is 12.1 Å². The second-order valence-corrected chi connectivity index (χ2v) is 8.52. The topological polar surface area (TPSA) is 63.9 Å². The van der Waals surface area contributed by atoms with Gasteiger partial charge < -0.3 is 24.3 Å². The van der Waals surface area contributed by atoms with Crippen LogP contribution in [0.1, 0.15) is 45.4 Å². The molecule has 7 nitrogen and oxygen atoms in total. The Bertz CT molecular complexity index is 829. The number of aryl methyl sites for hydroxylation is 1. The van der Waals surface area contributed by atoms with Crippen LogP contribution in [0.5, 0.6) is 0 Å². The molecule has 0 saturated carbocycles. The van der Waals surface area contributed by atoms with Crippen molar-refractivity contribution in [2.75, 3.05) is 39.4 Å². The van der Waals surface area contributed by atoms with Gasteiger partial charge in [0, 0.05) is 39.3 Å². The van der Waals surface area contributed by atoms with Gasteiger partial charge in [-0.2, -0.15) is 0 Å². The number of aliphatic imine (C=N–C) groups is 1. The largest absolute Gasteiger partial charge is 0.376 e. The average Bonchev–Trinajstić information content (AvgIpc) is 3.24. The summed E-state index contributed by atoms with van der Waals surface area (Å²) in [5.74, 6) is 1.03. The van der Waals surface area contributed by atoms with E-state index >= 15 is 0 Å². The lowest BCUT2D eigenvalue weighted by atomic mass is 10.1. The van der Waals surface area contributed by atoms with Gasteiger partial charge in [-0.25, -0.2) is 4.98 Å². The van der Waals surface area contributed by atoms with Crippen LogP contribution in [-0.2, 0) is 16.0 Å². The Kier molecular flexibility index (Phi) is 10.5. The third-order valence-corrected chi connectivity index (χ3v) is 6.21. The molecule has 2 fully saturated rings. The van der Waals surface area contributed by atoms with E-state index in [-0.39, 0.29) is 24.0 Å². The molecule has 3 heterocycles. The van der Waals surface area contributed by atoms with Crippen molar-refractivity contribution in [3.63, 3.8) is 0 Å². The van der Waals surface area contributed by atoms with E-state index in [1.54, 1.807) is 0 Å². The maximum absolute atomic E-state index is 6.16. The maximum Gasteiger partial charge on any atom is 0.193 e. The lowest BCUT2D eigenvalue weighted by molar-refractivity contribution is -0.0721. The van der Waals surface area contributed by atoms with Gasteiger partial charge in [0.15, 0.2) is 5.96 Å². The number of guanidine groups is 1. The van der Waals surface area contributed by atoms with Crippen molar-refractivity contribution >= 4 is 41.0 Å². The van der Waals surface area contributed by atoms with Crippen molar-refractivity contribution < 1.29 is 9.47 Å². The number of hydrogen-bond acceptors (Lipinski definition) is 4. The van der Waals surface area contributed by atoms with Crippen LogP contribution in [0.4, 0.5) is 0 Å². The first-order valence-electron chi connectivity index (χ1n) is 12.0. The summed E-state index contributed by atoms with van der Waals surface area (Å²) in [5.41, 5.74) is 2.25. The second kappa shape index (κ2) is 13.3. The quantitative estimate of drug-likeness (QED) is 0.231. The van der Waals surface area contributed by atoms with E-state index in [1.165, 1.54) is 18.4 Å². The molecule has 0 bridgehead atoms. The van der Waals surface area contributed by atoms with Crippen molar-refractivity contribution in [3.8, 4) is 0 Å². The molecule has 0 spiro atoms. The van der Waals surface area contributed by atoms with Crippen LogP contribution in [0.3, 0.4) is 0 Å². The standard InChI is InChI=1S/C24H37N5O2.HI/c1-2-25-24(26-13-7-14-29-19-27-22-9-3-4-10-23(22)29)28-15-11-20(12-16-28)31-18-21-8-5-6-17-30-21;/h3-4,9-10,19-21H,2,5-8,11-18H2,1H3,(H,25,26);1H. The summed E-state index contributed by atoms with van der Waals surface area (Å²) in [7, 11) is 0. The average molecular weight is 556 g/mol. The van der Waals surface area contributed by atoms with Crippen LogP contribution in [0.15, 0.2) is 35.6 Å². The third-order valence-electron chi connectivity index (χ3n) is 6.21. The number of hydrogen-bond donors (Lipinski definition) is 1. The van der Waals surface area contributed by atoms with Crippen LogP contribution in [0, 0.1) is 0 Å². The fourth-order valence-corrected chi connectivity index (χ4v) is 4.46. The summed E-state index contributed by atoms with van der Waals surface area (Å²) >= 11 is 0. The molecule has 2 saturated heterocycles. The van der Waals surface area contributed by atoms with E-state index in [0.29, 0.717) is 12.2 Å². The summed E-state index contributed by atoms with van der Waals surface area (Å²) < 4.78 is 14.2. The molecule has 1 aromatic heterocycles. The Morgan fingerprint density at radius 1 is 1.22 bits per heavy atom. The van der Waals surface area contributed by atoms with Crippen molar-refractivity contribution in [2.24, 2.45) is 4.99 Å². The predicted octanol–water partition coefficient (Wildman–Crippen LogP) is 4.06. The lowest BCUT2D eigenvalue weighted by Gasteiger charge is -2.35. The smallest absolute Gasteiger partial charge is 0.193 e. The van der Waals surface area contributed by atoms with E-state index in [1.807, 2.05) is 12.4 Å². The summed E-state index contributed by atoms with van der Waals surface area (Å²) in [4.78, 5) is 11.8. The number of aromatic nitrogens is 2. The molecule has 0 amide bonds. The highest BCUT2D eigenvalue weighted by molar-refractivity contribution is 14.0. The molecular weight excluding hydrogens is 517 g/mol. The Hall–Kier alpha value is -1.39. The van der Waals surface area contributed by atoms with Gasteiger partial charge in [0.2, 0.25) is 0 Å². The van der Waals surface area contributed by atoms with Gasteiger partial charge in [-0.05, 0) is 57.6 Å². The van der Waals surface area contributed by atoms with Gasteiger partial charge in [0.25, 0.3) is 0 Å². The van der Waals surface area contributed by atoms with Gasteiger partial charge in [0.1, 0.15) is 0 Å².